The molecule has 0 aliphatic carbocycles. The molecule has 0 heterocycles. The number of hydrogen-bond acceptors (Lipinski definition) is 1. The summed E-state index contributed by atoms with van der Waals surface area (Å²) in [7, 11) is 0. The van der Waals surface area contributed by atoms with Gasteiger partial charge >= 0.3 is 0 Å². The summed E-state index contributed by atoms with van der Waals surface area (Å²) in [6.07, 6.45) is 2.58. The molecule has 0 aromatic heterocycles. The minimum absolute atomic E-state index is 0. The molecule has 0 bridgehead atoms. The Morgan fingerprint density at radius 3 is 2.30 bits per heavy atom. The number of benzene rings is 1. The maximum Gasteiger partial charge on any atom is 0 e. The number of hydrogen-bond donors (Lipinski definition) is 1. The molecule has 0 saturated heterocycles. The Morgan fingerprint density at radius 1 is 1.20 bits per heavy atom. The van der Waals surface area contributed by atoms with Crippen LogP contribution < -0.4 is 5.32 Å². The third kappa shape index (κ3) is 3.14. The minimum Gasteiger partial charge on any atom is -0.524 e. The summed E-state index contributed by atoms with van der Waals surface area (Å²) in [5.74, 6) is 0. The fraction of sp³-hybridized carbons (Fsp3) is 0. The number of anilines is 1. The minimum atomic E-state index is 0. The second-order valence-electron chi connectivity index (χ2n) is 1.67. The van der Waals surface area contributed by atoms with Crippen molar-refractivity contribution in [3.8, 4) is 0 Å². The van der Waals surface area contributed by atoms with Crippen LogP contribution in [0, 0.1) is 6.20 Å². The van der Waals surface area contributed by atoms with Gasteiger partial charge in [-0.15, -0.1) is 17.8 Å². The topological polar surface area (TPSA) is 12.0 Å². The van der Waals surface area contributed by atoms with Crippen molar-refractivity contribution in [2.45, 2.75) is 0 Å². The molecule has 1 nitrogen and oxygen atoms in total. The summed E-state index contributed by atoms with van der Waals surface area (Å²) >= 11 is 0. The molecule has 0 aliphatic heterocycles. The zero-order chi connectivity index (χ0) is 6.53. The van der Waals surface area contributed by atoms with Crippen molar-refractivity contribution in [3.05, 3.63) is 43.1 Å². The Hall–Kier alpha value is -0.136. The molecular weight excluding hydrogens is 199 g/mol. The van der Waals surface area contributed by atoms with E-state index in [0.29, 0.717) is 0 Å². The van der Waals surface area contributed by atoms with E-state index < -0.39 is 0 Å². The van der Waals surface area contributed by atoms with Crippen LogP contribution in [0.15, 0.2) is 36.9 Å². The summed E-state index contributed by atoms with van der Waals surface area (Å²) in [5, 5.41) is 2.85. The predicted octanol–water partition coefficient (Wildman–Crippen LogP) is 2.04. The normalized spacial score (nSPS) is 7.60. The van der Waals surface area contributed by atoms with E-state index in [1.807, 2.05) is 30.3 Å². The van der Waals surface area contributed by atoms with Crippen molar-refractivity contribution in [2.24, 2.45) is 0 Å². The van der Waals surface area contributed by atoms with Gasteiger partial charge in [-0.25, -0.2) is 0 Å². The summed E-state index contributed by atoms with van der Waals surface area (Å²) in [5.41, 5.74) is 1.02. The first-order chi connectivity index (χ1) is 4.43. The maximum absolute atomic E-state index is 3.42. The first-order valence-corrected chi connectivity index (χ1v) is 2.76. The van der Waals surface area contributed by atoms with Crippen molar-refractivity contribution in [1.29, 1.82) is 0 Å². The van der Waals surface area contributed by atoms with Gasteiger partial charge in [-0.2, -0.15) is 12.8 Å². The molecule has 0 saturated carbocycles. The van der Waals surface area contributed by atoms with Gasteiger partial charge in [0.2, 0.25) is 0 Å². The van der Waals surface area contributed by atoms with E-state index in [1.54, 1.807) is 0 Å². The fourth-order valence-corrected chi connectivity index (χ4v) is 0.624. The van der Waals surface area contributed by atoms with Gasteiger partial charge < -0.3 is 5.32 Å². The SMILES string of the molecule is C=[C-]Nc1ccccc1.[Y]. The number of rotatable bonds is 2. The maximum atomic E-state index is 3.42. The van der Waals surface area contributed by atoms with Gasteiger partial charge in [0.15, 0.2) is 0 Å². The fourth-order valence-electron chi connectivity index (χ4n) is 0.624. The zero-order valence-corrected chi connectivity index (χ0v) is 8.51. The summed E-state index contributed by atoms with van der Waals surface area (Å²) in [4.78, 5) is 0. The molecule has 0 spiro atoms. The molecule has 2 heteroatoms. The van der Waals surface area contributed by atoms with Crippen molar-refractivity contribution in [1.82, 2.24) is 0 Å². The predicted molar refractivity (Wildman–Crippen MR) is 38.9 cm³/mol. The molecule has 0 fully saturated rings. The van der Waals surface area contributed by atoms with Crippen LogP contribution in [0.3, 0.4) is 0 Å². The Labute approximate surface area is 86.4 Å². The van der Waals surface area contributed by atoms with E-state index in [-0.39, 0.29) is 32.7 Å². The van der Waals surface area contributed by atoms with Crippen LogP contribution >= 0.6 is 0 Å². The van der Waals surface area contributed by atoms with E-state index in [1.165, 1.54) is 0 Å². The Balaban J connectivity index is 0.000000810. The quantitative estimate of drug-likeness (QED) is 0.578. The van der Waals surface area contributed by atoms with Crippen LogP contribution in [-0.4, -0.2) is 0 Å². The molecule has 10 heavy (non-hydrogen) atoms. The van der Waals surface area contributed by atoms with Gasteiger partial charge in [0, 0.05) is 32.7 Å². The Morgan fingerprint density at radius 2 is 1.80 bits per heavy atom. The summed E-state index contributed by atoms with van der Waals surface area (Å²) in [6.45, 7) is 3.42. The van der Waals surface area contributed by atoms with E-state index in [9.17, 15) is 0 Å². The van der Waals surface area contributed by atoms with E-state index in [4.69, 9.17) is 0 Å². The number of nitrogens with one attached hydrogen (secondary N) is 1. The van der Waals surface area contributed by atoms with Gasteiger partial charge in [-0.05, 0) is 0 Å². The van der Waals surface area contributed by atoms with Gasteiger partial charge in [-0.1, -0.05) is 18.2 Å². The summed E-state index contributed by atoms with van der Waals surface area (Å²) in [6, 6.07) is 9.80. The molecule has 0 unspecified atom stereocenters. The van der Waals surface area contributed by atoms with Gasteiger partial charge in [-0.3, -0.25) is 0 Å². The van der Waals surface area contributed by atoms with Gasteiger partial charge in [0.25, 0.3) is 0 Å². The smallest absolute Gasteiger partial charge is 0 e. The summed E-state index contributed by atoms with van der Waals surface area (Å²) < 4.78 is 0. The van der Waals surface area contributed by atoms with Gasteiger partial charge in [0.1, 0.15) is 0 Å². The second-order valence-corrected chi connectivity index (χ2v) is 1.67. The molecule has 49 valence electrons. The van der Waals surface area contributed by atoms with Crippen LogP contribution in [0.5, 0.6) is 0 Å². The van der Waals surface area contributed by atoms with E-state index >= 15 is 0 Å². The monoisotopic (exact) mass is 207 g/mol. The molecule has 0 amide bonds. The number of para-hydroxylation sites is 1. The third-order valence-electron chi connectivity index (χ3n) is 1.01. The van der Waals surface area contributed by atoms with Crippen LogP contribution in [0.2, 0.25) is 0 Å². The van der Waals surface area contributed by atoms with Crippen LogP contribution in [0.4, 0.5) is 5.69 Å². The first kappa shape index (κ1) is 9.86. The average molecular weight is 207 g/mol. The largest absolute Gasteiger partial charge is 0.524 e. The second kappa shape index (κ2) is 5.63. The molecular formula is C8H8NY-. The van der Waals surface area contributed by atoms with Crippen molar-refractivity contribution in [3.63, 3.8) is 0 Å². The van der Waals surface area contributed by atoms with E-state index in [2.05, 4.69) is 18.1 Å². The van der Waals surface area contributed by atoms with Crippen LogP contribution in [-0.2, 0) is 32.7 Å². The van der Waals surface area contributed by atoms with E-state index in [0.717, 1.165) is 5.69 Å². The molecule has 0 aliphatic rings. The van der Waals surface area contributed by atoms with Crippen LogP contribution in [0.25, 0.3) is 0 Å². The molecule has 1 N–H and O–H groups in total. The molecule has 1 radical (unpaired) electrons. The van der Waals surface area contributed by atoms with Crippen molar-refractivity contribution >= 4 is 5.69 Å². The molecule has 0 atom stereocenters. The zero-order valence-electron chi connectivity index (χ0n) is 5.67. The van der Waals surface area contributed by atoms with Gasteiger partial charge in [0.05, 0.1) is 0 Å². The molecule has 1 rings (SSSR count). The Bertz CT molecular complexity index is 184. The van der Waals surface area contributed by atoms with Crippen molar-refractivity contribution in [2.75, 3.05) is 5.32 Å². The third-order valence-corrected chi connectivity index (χ3v) is 1.01. The molecule has 1 aromatic rings. The van der Waals surface area contributed by atoms with Crippen molar-refractivity contribution < 1.29 is 32.7 Å². The van der Waals surface area contributed by atoms with Crippen LogP contribution in [0.1, 0.15) is 0 Å². The average Bonchev–Trinajstić information content (AvgIpc) is 1.91. The Kier molecular flexibility index (Phi) is 5.56. The standard InChI is InChI=1S/C8H8N.Y/c1-2-9-8-6-4-3-5-7-8;/h3-7,9H,1H2;/q-1;. The first-order valence-electron chi connectivity index (χ1n) is 2.76. The molecule has 1 aromatic carbocycles.